The number of benzene rings is 4. The minimum Gasteiger partial charge on any atom is -0.444 e. The Morgan fingerprint density at radius 3 is 1.43 bits per heavy atom. The molecule has 5 aliphatic rings. The van der Waals surface area contributed by atoms with Crippen molar-refractivity contribution in [1.29, 1.82) is 0 Å². The maximum absolute atomic E-state index is 13.5. The number of hydrogen-bond acceptors (Lipinski definition) is 19. The predicted octanol–water partition coefficient (Wildman–Crippen LogP) is 16.2. The van der Waals surface area contributed by atoms with Gasteiger partial charge in [-0.3, -0.25) is 19.2 Å². The first-order chi connectivity index (χ1) is 60.1. The topological polar surface area (TPSA) is 306 Å². The molecule has 5 aliphatic heterocycles. The van der Waals surface area contributed by atoms with Crippen molar-refractivity contribution in [2.75, 3.05) is 63.2 Å². The van der Waals surface area contributed by atoms with Crippen LogP contribution in [0.5, 0.6) is 0 Å². The van der Waals surface area contributed by atoms with Gasteiger partial charge in [-0.25, -0.2) is 34.1 Å². The third-order valence-electron chi connectivity index (χ3n) is 24.0. The largest absolute Gasteiger partial charge is 0.494 e. The summed E-state index contributed by atoms with van der Waals surface area (Å²) in [6.45, 7) is 31.2. The molecule has 4 aromatic carbocycles. The Balaban J connectivity index is 0.000000169. The van der Waals surface area contributed by atoms with Crippen LogP contribution < -0.4 is 42.7 Å². The second-order valence-corrected chi connectivity index (χ2v) is 36.3. The van der Waals surface area contributed by atoms with E-state index in [-0.39, 0.29) is 103 Å². The van der Waals surface area contributed by atoms with Crippen LogP contribution in [-0.2, 0) is 88.5 Å². The molecule has 5 saturated heterocycles. The number of aromatic nitrogens is 8. The number of likely N-dealkylation sites (tertiary alicyclic amines) is 1. The van der Waals surface area contributed by atoms with Crippen LogP contribution in [-0.4, -0.2) is 163 Å². The maximum Gasteiger partial charge on any atom is 0.494 e. The summed E-state index contributed by atoms with van der Waals surface area (Å²) in [4.78, 5) is 85.7. The molecule has 11 heterocycles. The molecule has 0 saturated carbocycles. The highest BCUT2D eigenvalue weighted by Gasteiger charge is 2.52. The minimum atomic E-state index is -0.443. The summed E-state index contributed by atoms with van der Waals surface area (Å²) in [7, 11) is -0.325. The normalized spacial score (nSPS) is 16.3. The number of amides is 5. The Morgan fingerprint density at radius 2 is 0.968 bits per heavy atom. The zero-order chi connectivity index (χ0) is 88.5. The molecule has 7 N–H and O–H groups in total. The number of aryl methyl sites for hydroxylation is 4. The Labute approximate surface area is 752 Å². The summed E-state index contributed by atoms with van der Waals surface area (Å²) in [5.74, 6) is -0.249. The third kappa shape index (κ3) is 24.1. The number of carbonyl (C=O) groups excluding carboxylic acids is 5. The molecule has 30 heteroatoms. The van der Waals surface area contributed by atoms with Gasteiger partial charge in [-0.1, -0.05) is 110 Å². The van der Waals surface area contributed by atoms with Crippen molar-refractivity contribution >= 4 is 115 Å². The summed E-state index contributed by atoms with van der Waals surface area (Å²) in [6, 6.07) is 38.6. The molecular weight excluding hydrogens is 1690 g/mol. The van der Waals surface area contributed by atoms with Gasteiger partial charge in [-0.05, 0) is 262 Å². The smallest absolute Gasteiger partial charge is 0.444 e. The molecule has 26 nitrogen and oxygen atoms in total. The van der Waals surface area contributed by atoms with Crippen LogP contribution in [0.25, 0.3) is 33.2 Å². The van der Waals surface area contributed by atoms with Crippen molar-refractivity contribution in [3.8, 4) is 11.1 Å². The molecule has 15 rings (SSSR count). The number of carbonyl (C=O) groups is 5. The van der Waals surface area contributed by atoms with Gasteiger partial charge in [0.15, 0.2) is 11.3 Å². The molecule has 0 radical (unpaired) electrons. The molecule has 0 unspecified atom stereocenters. The fourth-order valence-electron chi connectivity index (χ4n) is 16.3. The monoisotopic (exact) mass is 1800 g/mol. The van der Waals surface area contributed by atoms with Crippen LogP contribution in [0.1, 0.15) is 214 Å². The predicted molar refractivity (Wildman–Crippen MR) is 495 cm³/mol. The van der Waals surface area contributed by atoms with Crippen LogP contribution in [0, 0.1) is 11.8 Å². The van der Waals surface area contributed by atoms with E-state index in [1.807, 2.05) is 91.6 Å². The zero-order valence-corrected chi connectivity index (χ0v) is 76.8. The number of nitrogens with one attached hydrogen (secondary N) is 7. The summed E-state index contributed by atoms with van der Waals surface area (Å²) >= 11 is 16.1. The van der Waals surface area contributed by atoms with E-state index in [1.54, 1.807) is 42.5 Å². The van der Waals surface area contributed by atoms with Gasteiger partial charge in [0.1, 0.15) is 28.4 Å². The van der Waals surface area contributed by atoms with E-state index in [9.17, 15) is 24.0 Å². The lowest BCUT2D eigenvalue weighted by molar-refractivity contribution is 0.00578. The first kappa shape index (κ1) is 92.8. The molecule has 0 aliphatic carbocycles. The maximum atomic E-state index is 13.5. The van der Waals surface area contributed by atoms with Crippen molar-refractivity contribution in [3.05, 3.63) is 216 Å². The SMILES string of the molecule is CC(C)(C)OC(=O)N1CCC(Cc2cccc(B3OC(C)(C)C(C)(C)O3)c2)CC1.CCc1nc2c(cnn2CC)c(NC2CCOCC2)c1CNC(=O)c1cccc(C(=O)NCc2ccc(Cl)c(-c3cccc(CC4CCNCC4)c3)c2)n1.CCc1nc2c(cnn2CC)c(NC2CCOCC2)c1CNC(=O)c1cccc(C(=O)NCc2ccc(Cl)c(Br)c2)n1. The lowest BCUT2D eigenvalue weighted by Crippen LogP contribution is -2.42. The number of rotatable bonds is 26. The number of nitrogens with zero attached hydrogens (tertiary/aromatic N) is 9. The zero-order valence-electron chi connectivity index (χ0n) is 73.7. The van der Waals surface area contributed by atoms with Crippen molar-refractivity contribution in [1.82, 2.24) is 71.0 Å². The fourth-order valence-corrected chi connectivity index (χ4v) is 17.1. The second-order valence-electron chi connectivity index (χ2n) is 34.6. The van der Waals surface area contributed by atoms with Gasteiger partial charge in [0.05, 0.1) is 50.8 Å². The highest BCUT2D eigenvalue weighted by molar-refractivity contribution is 9.10. The van der Waals surface area contributed by atoms with Crippen LogP contribution in [0.2, 0.25) is 10.0 Å². The van der Waals surface area contributed by atoms with E-state index in [2.05, 4.69) is 163 Å². The fraction of sp³-hybridized carbons (Fsp3) is 0.463. The van der Waals surface area contributed by atoms with Crippen molar-refractivity contribution in [2.45, 2.75) is 221 Å². The molecule has 0 bridgehead atoms. The van der Waals surface area contributed by atoms with E-state index >= 15 is 0 Å². The number of ether oxygens (including phenoxy) is 3. The van der Waals surface area contributed by atoms with Gasteiger partial charge in [0, 0.05) is 128 Å². The highest BCUT2D eigenvalue weighted by atomic mass is 79.9. The Morgan fingerprint density at radius 1 is 0.528 bits per heavy atom. The Bertz CT molecular complexity index is 5430. The standard InChI is InChI=1S/C42H49ClN8O3.C30H33BrClN7O3.C23H36BNO4/c1-3-36-33(39(48-31-15-19-54-20-16-31)34-26-47-51(4-2)40(34)50-36)25-46-42(53)38-10-6-9-37(49-38)41(52)45-24-29-11-12-35(43)32(23-29)30-8-5-7-28(22-30)21-27-13-17-44-18-14-27;1-3-24-20(27(36-19-10-12-42-13-11-19)21-17-35-39(4-2)28(21)38-24)16-34-30(41)26-7-5-6-25(37-26)29(40)33-15-18-8-9-23(32)22(31)14-18;1-21(2,3)27-20(26)25-13-11-17(12-14-25)15-18-9-8-10-19(16-18)24-28-22(4,5)23(6,7)29-24/h5-12,22-23,26-27,31,44H,3-4,13-21,24-25H2,1-2H3,(H,45,52)(H,46,53)(H,48,50);5-9,14,17,19H,3-4,10-13,15-16H2,1-2H3,(H,33,40)(H,34,41)(H,36,38);8-10,16-17H,11-15H2,1-7H3. The number of piperidine rings is 2. The number of hydrogen-bond donors (Lipinski definition) is 7. The number of halogens is 3. The summed E-state index contributed by atoms with van der Waals surface area (Å²) in [5, 5.41) is 35.0. The number of pyridine rings is 4. The van der Waals surface area contributed by atoms with Gasteiger partial charge in [0.25, 0.3) is 23.6 Å². The first-order valence-corrected chi connectivity index (χ1v) is 45.6. The Kier molecular flexibility index (Phi) is 31.6. The molecular formula is C95H118BBrCl2N16O10. The lowest BCUT2D eigenvalue weighted by Gasteiger charge is -2.33. The van der Waals surface area contributed by atoms with Gasteiger partial charge >= 0.3 is 13.2 Å². The van der Waals surface area contributed by atoms with E-state index in [0.29, 0.717) is 80.8 Å². The molecule has 0 atom stereocenters. The summed E-state index contributed by atoms with van der Waals surface area (Å²) < 4.78 is 33.6. The molecule has 125 heavy (non-hydrogen) atoms. The second kappa shape index (κ2) is 42.6. The first-order valence-electron chi connectivity index (χ1n) is 44.1. The van der Waals surface area contributed by atoms with Crippen molar-refractivity contribution in [3.63, 3.8) is 0 Å². The van der Waals surface area contributed by atoms with Crippen LogP contribution in [0.4, 0.5) is 16.2 Å². The molecule has 6 aromatic heterocycles. The average molecular weight is 1810 g/mol. The van der Waals surface area contributed by atoms with Gasteiger partial charge < -0.3 is 65.6 Å². The van der Waals surface area contributed by atoms with Crippen LogP contribution >= 0.6 is 39.1 Å². The van der Waals surface area contributed by atoms with Crippen LogP contribution in [0.3, 0.4) is 0 Å². The molecule has 5 fully saturated rings. The van der Waals surface area contributed by atoms with Crippen LogP contribution in [0.15, 0.2) is 138 Å². The Hall–Kier alpha value is -9.91. The van der Waals surface area contributed by atoms with Gasteiger partial charge in [-0.15, -0.1) is 0 Å². The lowest BCUT2D eigenvalue weighted by atomic mass is 9.77. The average Bonchev–Trinajstić information content (AvgIpc) is 1.68. The van der Waals surface area contributed by atoms with E-state index < -0.39 is 5.60 Å². The summed E-state index contributed by atoms with van der Waals surface area (Å²) in [5.41, 5.74) is 14.1. The molecule has 5 amide bonds. The van der Waals surface area contributed by atoms with Gasteiger partial charge in [0.2, 0.25) is 0 Å². The number of anilines is 2. The van der Waals surface area contributed by atoms with Crippen molar-refractivity contribution in [2.24, 2.45) is 11.8 Å². The molecule has 10 aromatic rings. The highest BCUT2D eigenvalue weighted by Crippen LogP contribution is 2.39. The van der Waals surface area contributed by atoms with E-state index in [0.717, 1.165) is 166 Å². The van der Waals surface area contributed by atoms with E-state index in [4.69, 9.17) is 56.7 Å². The minimum absolute atomic E-state index is 0.154. The third-order valence-corrected chi connectivity index (χ3v) is 25.6. The van der Waals surface area contributed by atoms with E-state index in [1.165, 1.54) is 24.0 Å². The summed E-state index contributed by atoms with van der Waals surface area (Å²) in [6.07, 6.45) is 14.9. The number of fused-ring (bicyclic) bond motifs is 2. The molecule has 0 spiro atoms. The van der Waals surface area contributed by atoms with Crippen molar-refractivity contribution < 1.29 is 47.5 Å². The molecule has 662 valence electrons. The quantitative estimate of drug-likeness (QED) is 0.0248. The van der Waals surface area contributed by atoms with Gasteiger partial charge in [-0.2, -0.15) is 10.2 Å².